The molecule has 5 nitrogen and oxygen atoms in total. The molecular weight excluding hydrogens is 333 g/mol. The number of hydrogen-bond donors (Lipinski definition) is 1. The van der Waals surface area contributed by atoms with Crippen molar-refractivity contribution in [3.05, 3.63) is 33.8 Å². The number of carbonyl (C=O) groups excluding carboxylic acids is 2. The van der Waals surface area contributed by atoms with Gasteiger partial charge in [-0.05, 0) is 37.1 Å². The fourth-order valence-corrected chi connectivity index (χ4v) is 2.88. The quantitative estimate of drug-likeness (QED) is 0.634. The van der Waals surface area contributed by atoms with Crippen LogP contribution in [0.5, 0.6) is 0 Å². The third-order valence-electron chi connectivity index (χ3n) is 2.54. The van der Waals surface area contributed by atoms with Gasteiger partial charge in [-0.1, -0.05) is 23.2 Å². The molecule has 0 fully saturated rings. The van der Waals surface area contributed by atoms with Crippen molar-refractivity contribution in [3.63, 3.8) is 0 Å². The first-order chi connectivity index (χ1) is 9.97. The van der Waals surface area contributed by atoms with Crippen molar-refractivity contribution >= 4 is 44.9 Å². The second-order valence-corrected chi connectivity index (χ2v) is 6.08. The van der Waals surface area contributed by atoms with E-state index in [0.717, 1.165) is 5.56 Å². The molecule has 0 unspecified atom stereocenters. The Morgan fingerprint density at radius 2 is 2.10 bits per heavy atom. The summed E-state index contributed by atoms with van der Waals surface area (Å²) in [6.07, 6.45) is -0.251. The summed E-state index contributed by atoms with van der Waals surface area (Å²) in [6.45, 7) is 1.96. The molecule has 2 radical (unpaired) electrons. The maximum Gasteiger partial charge on any atom is 0.398 e. The Morgan fingerprint density at radius 3 is 2.71 bits per heavy atom. The second-order valence-electron chi connectivity index (χ2n) is 4.01. The van der Waals surface area contributed by atoms with Gasteiger partial charge in [0.25, 0.3) is 0 Å². The number of hydrogen-bond acceptors (Lipinski definition) is 4. The molecule has 1 amide bonds. The summed E-state index contributed by atoms with van der Waals surface area (Å²) in [4.78, 5) is 25.6. The van der Waals surface area contributed by atoms with Crippen molar-refractivity contribution in [3.8, 4) is 0 Å². The van der Waals surface area contributed by atoms with Crippen molar-refractivity contribution in [2.75, 3.05) is 13.7 Å². The van der Waals surface area contributed by atoms with Crippen LogP contribution in [0.4, 0.5) is 4.79 Å². The van der Waals surface area contributed by atoms with Gasteiger partial charge in [-0.25, -0.2) is 4.79 Å². The van der Waals surface area contributed by atoms with Crippen LogP contribution in [0.15, 0.2) is 18.2 Å². The topological polar surface area (TPSA) is 64.6 Å². The van der Waals surface area contributed by atoms with E-state index in [4.69, 9.17) is 32.7 Å². The Balaban J connectivity index is 2.76. The largest absolute Gasteiger partial charge is 0.469 e. The summed E-state index contributed by atoms with van der Waals surface area (Å²) >= 11 is 12.0. The van der Waals surface area contributed by atoms with Gasteiger partial charge in [-0.2, -0.15) is 0 Å². The Bertz CT molecular complexity index is 513. The third kappa shape index (κ3) is 5.95. The maximum atomic E-state index is 11.8. The standard InChI is InChI=1S/C13H15Cl2NO4Si/c1-3-20-13(18)16-21-11(12(17)19-2)7-8-6-9(14)4-5-10(8)15/h4-6,11H,3,7H2,1-2H3,(H,16,18)/t11-/m0/s1. The lowest BCUT2D eigenvalue weighted by Gasteiger charge is -2.15. The van der Waals surface area contributed by atoms with Crippen LogP contribution in [0.2, 0.25) is 15.6 Å². The second kappa shape index (κ2) is 8.91. The van der Waals surface area contributed by atoms with Gasteiger partial charge in [0.15, 0.2) is 0 Å². The molecule has 0 heterocycles. The zero-order valence-corrected chi connectivity index (χ0v) is 14.1. The highest BCUT2D eigenvalue weighted by Crippen LogP contribution is 2.25. The van der Waals surface area contributed by atoms with Crippen molar-refractivity contribution in [1.82, 2.24) is 4.98 Å². The van der Waals surface area contributed by atoms with Crippen LogP contribution < -0.4 is 4.98 Å². The number of carbonyl (C=O) groups is 2. The number of nitrogens with one attached hydrogen (secondary N) is 1. The minimum absolute atomic E-state index is 0.181. The van der Waals surface area contributed by atoms with E-state index < -0.39 is 17.6 Å². The molecule has 21 heavy (non-hydrogen) atoms. The van der Waals surface area contributed by atoms with E-state index in [9.17, 15) is 9.59 Å². The molecule has 1 rings (SSSR count). The zero-order chi connectivity index (χ0) is 15.8. The van der Waals surface area contributed by atoms with Gasteiger partial charge in [-0.3, -0.25) is 4.79 Å². The van der Waals surface area contributed by atoms with E-state index in [-0.39, 0.29) is 16.3 Å². The average Bonchev–Trinajstić information content (AvgIpc) is 2.46. The molecule has 1 aromatic rings. The van der Waals surface area contributed by atoms with E-state index in [1.165, 1.54) is 7.11 Å². The van der Waals surface area contributed by atoms with Crippen LogP contribution in [0.25, 0.3) is 0 Å². The highest BCUT2D eigenvalue weighted by Gasteiger charge is 2.23. The number of esters is 1. The number of benzene rings is 1. The molecule has 0 aromatic heterocycles. The number of amides is 1. The SMILES string of the molecule is CCOC(=O)N[Si][C@@H](Cc1cc(Cl)ccc1Cl)C(=O)OC. The van der Waals surface area contributed by atoms with E-state index in [0.29, 0.717) is 16.5 Å². The van der Waals surface area contributed by atoms with Crippen molar-refractivity contribution in [2.45, 2.75) is 18.9 Å². The van der Waals surface area contributed by atoms with Crippen LogP contribution >= 0.6 is 23.2 Å². The Kier molecular flexibility index (Phi) is 7.56. The number of rotatable bonds is 6. The van der Waals surface area contributed by atoms with Gasteiger partial charge in [0.2, 0.25) is 9.68 Å². The monoisotopic (exact) mass is 347 g/mol. The molecule has 1 N–H and O–H groups in total. The fraction of sp³-hybridized carbons (Fsp3) is 0.385. The molecule has 0 aliphatic rings. The fourth-order valence-electron chi connectivity index (χ4n) is 1.57. The summed E-state index contributed by atoms with van der Waals surface area (Å²) in [6, 6.07) is 5.02. The normalized spacial score (nSPS) is 11.6. The molecule has 0 spiro atoms. The highest BCUT2D eigenvalue weighted by molar-refractivity contribution is 6.44. The molecule has 1 aromatic carbocycles. The molecule has 0 bridgehead atoms. The van der Waals surface area contributed by atoms with Crippen LogP contribution in [-0.4, -0.2) is 35.5 Å². The zero-order valence-electron chi connectivity index (χ0n) is 11.6. The molecule has 0 aliphatic heterocycles. The highest BCUT2D eigenvalue weighted by atomic mass is 35.5. The van der Waals surface area contributed by atoms with Crippen LogP contribution in [0.1, 0.15) is 12.5 Å². The van der Waals surface area contributed by atoms with Crippen LogP contribution in [-0.2, 0) is 20.7 Å². The first-order valence-electron chi connectivity index (χ1n) is 6.18. The lowest BCUT2D eigenvalue weighted by Crippen LogP contribution is -2.35. The molecule has 0 saturated heterocycles. The molecule has 0 saturated carbocycles. The van der Waals surface area contributed by atoms with Gasteiger partial charge in [0, 0.05) is 10.0 Å². The van der Waals surface area contributed by atoms with E-state index in [2.05, 4.69) is 4.98 Å². The van der Waals surface area contributed by atoms with Crippen molar-refractivity contribution in [2.24, 2.45) is 0 Å². The van der Waals surface area contributed by atoms with Crippen molar-refractivity contribution in [1.29, 1.82) is 0 Å². The van der Waals surface area contributed by atoms with E-state index in [1.807, 2.05) is 0 Å². The number of ether oxygens (including phenoxy) is 2. The third-order valence-corrected chi connectivity index (χ3v) is 4.28. The first kappa shape index (κ1) is 17.8. The molecule has 114 valence electrons. The van der Waals surface area contributed by atoms with E-state index >= 15 is 0 Å². The summed E-state index contributed by atoms with van der Waals surface area (Å²) in [5.41, 5.74) is 0.174. The van der Waals surface area contributed by atoms with Gasteiger partial charge in [-0.15, -0.1) is 0 Å². The predicted molar refractivity (Wildman–Crippen MR) is 81.8 cm³/mol. The minimum atomic E-state index is -0.568. The summed E-state index contributed by atoms with van der Waals surface area (Å²) in [5, 5.41) is 1.04. The maximum absolute atomic E-state index is 11.8. The lowest BCUT2D eigenvalue weighted by atomic mass is 10.1. The van der Waals surface area contributed by atoms with Gasteiger partial charge in [0.05, 0.1) is 19.3 Å². The smallest absolute Gasteiger partial charge is 0.398 e. The van der Waals surface area contributed by atoms with E-state index in [1.54, 1.807) is 25.1 Å². The molecular formula is C13H15Cl2NO4Si. The van der Waals surface area contributed by atoms with Crippen molar-refractivity contribution < 1.29 is 19.1 Å². The number of methoxy groups -OCH3 is 1. The Labute approximate surface area is 135 Å². The van der Waals surface area contributed by atoms with Gasteiger partial charge >= 0.3 is 12.1 Å². The predicted octanol–water partition coefficient (Wildman–Crippen LogP) is 2.86. The number of halogens is 2. The van der Waals surface area contributed by atoms with Crippen LogP contribution in [0.3, 0.4) is 0 Å². The first-order valence-corrected chi connectivity index (χ1v) is 8.01. The summed E-state index contributed by atoms with van der Waals surface area (Å²) in [7, 11) is 1.11. The lowest BCUT2D eigenvalue weighted by molar-refractivity contribution is -0.140. The Morgan fingerprint density at radius 1 is 1.38 bits per heavy atom. The molecule has 1 atom stereocenters. The van der Waals surface area contributed by atoms with Gasteiger partial charge in [0.1, 0.15) is 0 Å². The van der Waals surface area contributed by atoms with Crippen LogP contribution in [0, 0.1) is 0 Å². The minimum Gasteiger partial charge on any atom is -0.469 e. The Hall–Kier alpha value is -1.24. The summed E-state index contributed by atoms with van der Waals surface area (Å²) < 4.78 is 9.50. The summed E-state index contributed by atoms with van der Waals surface area (Å²) in [5.74, 6) is -0.429. The molecule has 0 aliphatic carbocycles. The molecule has 8 heteroatoms. The average molecular weight is 348 g/mol. The van der Waals surface area contributed by atoms with Gasteiger partial charge < -0.3 is 14.5 Å².